The van der Waals surface area contributed by atoms with Gasteiger partial charge in [-0.25, -0.2) is 0 Å². The molecule has 1 rings (SSSR count). The van der Waals surface area contributed by atoms with Gasteiger partial charge in [0.1, 0.15) is 0 Å². The number of unbranched alkanes of at least 4 members (excludes halogenated alkanes) is 1. The number of nitrogens with two attached hydrogens (primary N) is 2. The zero-order valence-electron chi connectivity index (χ0n) is 15.9. The zero-order valence-corrected chi connectivity index (χ0v) is 16.9. The molecule has 1 aromatic carbocycles. The summed E-state index contributed by atoms with van der Waals surface area (Å²) in [7, 11) is -2.86. The topological polar surface area (TPSA) is 79.7 Å². The first kappa shape index (κ1) is 22.3. The molecule has 0 radical (unpaired) electrons. The molecule has 0 aliphatic heterocycles. The van der Waals surface area contributed by atoms with Gasteiger partial charge in [-0.1, -0.05) is 44.2 Å². The van der Waals surface area contributed by atoms with Gasteiger partial charge < -0.3 is 24.7 Å². The average Bonchev–Trinajstić information content (AvgIpc) is 2.64. The minimum Gasteiger partial charge on any atom is -0.370 e. The Kier molecular flexibility index (Phi) is 12.0. The highest BCUT2D eigenvalue weighted by Crippen LogP contribution is 2.14. The summed E-state index contributed by atoms with van der Waals surface area (Å²) in [5, 5.41) is 1.04. The van der Waals surface area contributed by atoms with Crippen molar-refractivity contribution in [3.63, 3.8) is 0 Å². The number of hydrogen-bond acceptors (Lipinski definition) is 5. The third-order valence-corrected chi connectivity index (χ3v) is 6.71. The van der Waals surface area contributed by atoms with Crippen molar-refractivity contribution in [1.29, 1.82) is 0 Å². The number of hydrogen-bond donors (Lipinski definition) is 2. The third-order valence-electron chi connectivity index (χ3n) is 3.92. The van der Waals surface area contributed by atoms with E-state index < -0.39 is 8.80 Å². The maximum Gasteiger partial charge on any atom is 0.537 e. The molecule has 0 heterocycles. The lowest BCUT2D eigenvalue weighted by Gasteiger charge is -2.30. The van der Waals surface area contributed by atoms with Crippen LogP contribution in [0.2, 0.25) is 0 Å². The quantitative estimate of drug-likeness (QED) is 0.367. The van der Waals surface area contributed by atoms with Crippen LogP contribution in [-0.2, 0) is 13.3 Å². The van der Waals surface area contributed by atoms with E-state index in [0.29, 0.717) is 26.4 Å². The molecule has 4 N–H and O–H groups in total. The van der Waals surface area contributed by atoms with Crippen molar-refractivity contribution in [3.8, 4) is 0 Å². The fourth-order valence-electron chi connectivity index (χ4n) is 2.56. The highest BCUT2D eigenvalue weighted by atomic mass is 28.4. The van der Waals surface area contributed by atoms with Gasteiger partial charge in [0, 0.05) is 31.0 Å². The number of benzene rings is 1. The van der Waals surface area contributed by atoms with Gasteiger partial charge in [0.2, 0.25) is 0 Å². The van der Waals surface area contributed by atoms with Gasteiger partial charge in [-0.2, -0.15) is 0 Å². The summed E-state index contributed by atoms with van der Waals surface area (Å²) in [4.78, 5) is 0. The van der Waals surface area contributed by atoms with Gasteiger partial charge in [-0.05, 0) is 45.1 Å². The molecule has 0 fully saturated rings. The van der Waals surface area contributed by atoms with Crippen molar-refractivity contribution in [2.45, 2.75) is 58.4 Å². The fourth-order valence-corrected chi connectivity index (χ4v) is 5.27. The lowest BCUT2D eigenvalue weighted by Crippen LogP contribution is -2.57. The standard InChI is InChI=1S/C19H36N2O3Si/c1-3-15-22-25(23-16-4-2,19-11-6-5-7-12-19)24-17-9-8-10-18(21)13-14-20/h5-7,11-12,18H,3-4,8-10,13-17,20-21H2,1-2H3. The van der Waals surface area contributed by atoms with Crippen molar-refractivity contribution in [3.05, 3.63) is 30.3 Å². The van der Waals surface area contributed by atoms with Crippen molar-refractivity contribution in [2.75, 3.05) is 26.4 Å². The fraction of sp³-hybridized carbons (Fsp3) is 0.684. The molecule has 0 bridgehead atoms. The Bertz CT molecular complexity index is 426. The van der Waals surface area contributed by atoms with E-state index in [1.807, 2.05) is 18.2 Å². The normalized spacial score (nSPS) is 13.1. The maximum absolute atomic E-state index is 6.29. The number of rotatable bonds is 15. The smallest absolute Gasteiger partial charge is 0.370 e. The van der Waals surface area contributed by atoms with Crippen molar-refractivity contribution >= 4 is 14.0 Å². The Labute approximate surface area is 154 Å². The van der Waals surface area contributed by atoms with Gasteiger partial charge in [0.15, 0.2) is 0 Å². The molecule has 0 spiro atoms. The predicted molar refractivity (Wildman–Crippen MR) is 106 cm³/mol. The Morgan fingerprint density at radius 2 is 1.48 bits per heavy atom. The van der Waals surface area contributed by atoms with E-state index >= 15 is 0 Å². The summed E-state index contributed by atoms with van der Waals surface area (Å²) in [6.45, 7) is 6.77. The van der Waals surface area contributed by atoms with E-state index in [1.165, 1.54) is 0 Å². The summed E-state index contributed by atoms with van der Waals surface area (Å²) in [6, 6.07) is 10.3. The monoisotopic (exact) mass is 368 g/mol. The SMILES string of the molecule is CCCO[Si](OCCC)(OCCCCC(N)CCN)c1ccccc1. The minimum absolute atomic E-state index is 0.189. The third kappa shape index (κ3) is 8.44. The van der Waals surface area contributed by atoms with Gasteiger partial charge in [0.25, 0.3) is 0 Å². The lowest BCUT2D eigenvalue weighted by molar-refractivity contribution is 0.0716. The molecule has 6 heteroatoms. The van der Waals surface area contributed by atoms with Crippen LogP contribution >= 0.6 is 0 Å². The first-order valence-electron chi connectivity index (χ1n) is 9.61. The molecule has 1 atom stereocenters. The maximum atomic E-state index is 6.29. The average molecular weight is 369 g/mol. The van der Waals surface area contributed by atoms with Gasteiger partial charge in [-0.15, -0.1) is 0 Å². The van der Waals surface area contributed by atoms with Gasteiger partial charge >= 0.3 is 8.80 Å². The van der Waals surface area contributed by atoms with Gasteiger partial charge in [0.05, 0.1) is 0 Å². The second-order valence-corrected chi connectivity index (χ2v) is 8.86. The second-order valence-electron chi connectivity index (χ2n) is 6.30. The summed E-state index contributed by atoms with van der Waals surface area (Å²) >= 11 is 0. The Hall–Kier alpha value is -0.763. The molecule has 25 heavy (non-hydrogen) atoms. The Morgan fingerprint density at radius 3 is 2.04 bits per heavy atom. The van der Waals surface area contributed by atoms with E-state index in [1.54, 1.807) is 0 Å². The molecule has 144 valence electrons. The van der Waals surface area contributed by atoms with E-state index in [0.717, 1.165) is 43.7 Å². The van der Waals surface area contributed by atoms with Crippen LogP contribution in [0, 0.1) is 0 Å². The molecule has 0 saturated heterocycles. The van der Waals surface area contributed by atoms with Crippen LogP contribution < -0.4 is 16.7 Å². The van der Waals surface area contributed by atoms with Gasteiger partial charge in [-0.3, -0.25) is 0 Å². The van der Waals surface area contributed by atoms with E-state index in [2.05, 4.69) is 26.0 Å². The van der Waals surface area contributed by atoms with Crippen LogP contribution in [-0.4, -0.2) is 41.2 Å². The molecule has 0 saturated carbocycles. The second kappa shape index (κ2) is 13.4. The van der Waals surface area contributed by atoms with Crippen LogP contribution in [0.1, 0.15) is 52.4 Å². The Balaban J connectivity index is 2.66. The first-order valence-corrected chi connectivity index (χ1v) is 11.3. The molecule has 0 aromatic heterocycles. The van der Waals surface area contributed by atoms with E-state index in [4.69, 9.17) is 24.7 Å². The summed E-state index contributed by atoms with van der Waals surface area (Å²) in [6.07, 6.45) is 5.71. The van der Waals surface area contributed by atoms with E-state index in [-0.39, 0.29) is 6.04 Å². The molecule has 0 aliphatic rings. The molecule has 5 nitrogen and oxygen atoms in total. The molecule has 0 aliphatic carbocycles. The molecule has 0 amide bonds. The van der Waals surface area contributed by atoms with Crippen molar-refractivity contribution in [2.24, 2.45) is 11.5 Å². The molecular formula is C19H36N2O3Si. The van der Waals surface area contributed by atoms with Crippen molar-refractivity contribution < 1.29 is 13.3 Å². The lowest BCUT2D eigenvalue weighted by atomic mass is 10.1. The Morgan fingerprint density at radius 1 is 0.880 bits per heavy atom. The van der Waals surface area contributed by atoms with Crippen LogP contribution in [0.25, 0.3) is 0 Å². The van der Waals surface area contributed by atoms with Crippen molar-refractivity contribution in [1.82, 2.24) is 0 Å². The van der Waals surface area contributed by atoms with Crippen LogP contribution in [0.15, 0.2) is 30.3 Å². The predicted octanol–water partition coefficient (Wildman–Crippen LogP) is 2.55. The zero-order chi connectivity index (χ0) is 18.4. The summed E-state index contributed by atoms with van der Waals surface area (Å²) in [5.41, 5.74) is 11.6. The molecule has 1 unspecified atom stereocenters. The molecular weight excluding hydrogens is 332 g/mol. The highest BCUT2D eigenvalue weighted by molar-refractivity contribution is 6.75. The summed E-state index contributed by atoms with van der Waals surface area (Å²) < 4.78 is 18.7. The highest BCUT2D eigenvalue weighted by Gasteiger charge is 2.43. The summed E-state index contributed by atoms with van der Waals surface area (Å²) in [5.74, 6) is 0. The van der Waals surface area contributed by atoms with E-state index in [9.17, 15) is 0 Å². The first-order chi connectivity index (χ1) is 12.2. The minimum atomic E-state index is -2.86. The molecule has 1 aromatic rings. The van der Waals surface area contributed by atoms with Crippen LogP contribution in [0.5, 0.6) is 0 Å². The van der Waals surface area contributed by atoms with Crippen LogP contribution in [0.4, 0.5) is 0 Å². The van der Waals surface area contributed by atoms with Crippen LogP contribution in [0.3, 0.4) is 0 Å². The largest absolute Gasteiger partial charge is 0.537 e.